The van der Waals surface area contributed by atoms with E-state index in [1.165, 1.54) is 24.3 Å². The van der Waals surface area contributed by atoms with E-state index in [-0.39, 0.29) is 94.9 Å². The first kappa shape index (κ1) is 83.4. The number of H-pyrrole nitrogens is 1. The highest BCUT2D eigenvalue weighted by atomic mass is 32.2. The lowest BCUT2D eigenvalue weighted by molar-refractivity contribution is -0.142. The first-order valence-corrected chi connectivity index (χ1v) is 35.1. The second kappa shape index (κ2) is 42.1. The van der Waals surface area contributed by atoms with Gasteiger partial charge in [0.15, 0.2) is 0 Å². The number of aromatic nitrogens is 2. The van der Waals surface area contributed by atoms with Gasteiger partial charge < -0.3 is 90.9 Å². The molecule has 1 fully saturated rings. The summed E-state index contributed by atoms with van der Waals surface area (Å²) in [4.78, 5) is 207. The number of nitrogens with two attached hydrogens (primary N) is 3. The SMILES string of the molecule is CC[C@H](C)[C@H](N)C1=N[C@H](C(=O)N[C@@H](CC(C)C)C(=O)N[C@H](CCC(=O)O)C(=O)N[C@H](C(=O)NC2CCCCNC(=O)C(CC(N)=O)NC(=O)[C@@H](CC(=O)O)NC(=O)C(Cc3cnc[nH]3)NC(=O)C(Cc3ccccc3)NC(=O)[C@H]([C@@H](C)CC)NC(=O)C(CCCN)NC2=O)[C@@H](C)CC)CS1. The molecular weight excluding hydrogens is 1320 g/mol. The van der Waals surface area contributed by atoms with E-state index in [9.17, 15) is 77.3 Å². The first-order valence-electron chi connectivity index (χ1n) is 34.1. The number of aliphatic imine (C=N–C) groups is 1. The van der Waals surface area contributed by atoms with Gasteiger partial charge >= 0.3 is 11.9 Å². The van der Waals surface area contributed by atoms with Crippen molar-refractivity contribution in [2.45, 2.75) is 224 Å². The number of primary amides is 1. The summed E-state index contributed by atoms with van der Waals surface area (Å²) in [5.74, 6) is -15.4. The molecule has 2 aliphatic heterocycles. The van der Waals surface area contributed by atoms with Gasteiger partial charge in [-0.2, -0.15) is 0 Å². The van der Waals surface area contributed by atoms with Gasteiger partial charge in [-0.1, -0.05) is 105 Å². The summed E-state index contributed by atoms with van der Waals surface area (Å²) in [6.45, 7) is 14.1. The molecule has 1 aromatic carbocycles. The van der Waals surface area contributed by atoms with Gasteiger partial charge in [0, 0.05) is 43.5 Å². The number of aliphatic carboxylic acids is 2. The number of imidazole rings is 1. The van der Waals surface area contributed by atoms with Crippen molar-refractivity contribution in [2.75, 3.05) is 18.8 Å². The molecule has 12 amide bonds. The molecular formula is C66H103N17O16S. The Morgan fingerprint density at radius 3 is 1.85 bits per heavy atom. The minimum Gasteiger partial charge on any atom is -0.481 e. The molecule has 34 heteroatoms. The zero-order valence-electron chi connectivity index (χ0n) is 58.2. The Morgan fingerprint density at radius 1 is 0.660 bits per heavy atom. The molecule has 0 radical (unpaired) electrons. The molecule has 100 heavy (non-hydrogen) atoms. The molecule has 4 rings (SSSR count). The van der Waals surface area contributed by atoms with Gasteiger partial charge in [-0.15, -0.1) is 11.8 Å². The minimum absolute atomic E-state index is 0.00117. The third-order valence-electron chi connectivity index (χ3n) is 17.5. The normalized spacial score (nSPS) is 23.1. The maximum Gasteiger partial charge on any atom is 0.305 e. The van der Waals surface area contributed by atoms with Crippen LogP contribution in [0.2, 0.25) is 0 Å². The van der Waals surface area contributed by atoms with Crippen LogP contribution in [0.5, 0.6) is 0 Å². The Bertz CT molecular complexity index is 3160. The van der Waals surface area contributed by atoms with Crippen molar-refractivity contribution in [3.05, 3.63) is 54.1 Å². The quantitative estimate of drug-likeness (QED) is 0.0401. The van der Waals surface area contributed by atoms with Crippen molar-refractivity contribution in [2.24, 2.45) is 45.9 Å². The number of benzene rings is 1. The van der Waals surface area contributed by atoms with Gasteiger partial charge in [-0.25, -0.2) is 4.98 Å². The second-order valence-electron chi connectivity index (χ2n) is 26.0. The van der Waals surface area contributed by atoms with E-state index in [0.717, 1.165) is 6.42 Å². The van der Waals surface area contributed by atoms with Crippen LogP contribution in [0.1, 0.15) is 150 Å². The van der Waals surface area contributed by atoms with Crippen molar-refractivity contribution in [1.82, 2.24) is 68.5 Å². The Labute approximate surface area is 586 Å². The Balaban J connectivity index is 1.77. The molecule has 20 N–H and O–H groups in total. The Kier molecular flexibility index (Phi) is 35.1. The topological polar surface area (TPSA) is 531 Å². The van der Waals surface area contributed by atoms with Crippen LogP contribution in [0.25, 0.3) is 0 Å². The van der Waals surface area contributed by atoms with Crippen LogP contribution in [-0.4, -0.2) is 199 Å². The second-order valence-corrected chi connectivity index (χ2v) is 27.0. The molecule has 33 nitrogen and oxygen atoms in total. The van der Waals surface area contributed by atoms with Crippen LogP contribution >= 0.6 is 11.8 Å². The predicted molar refractivity (Wildman–Crippen MR) is 369 cm³/mol. The van der Waals surface area contributed by atoms with E-state index in [1.54, 1.807) is 58.0 Å². The average molecular weight is 1420 g/mol. The van der Waals surface area contributed by atoms with E-state index in [2.05, 4.69) is 73.4 Å². The van der Waals surface area contributed by atoms with Crippen LogP contribution in [0.15, 0.2) is 47.8 Å². The van der Waals surface area contributed by atoms with Gasteiger partial charge in [0.05, 0.1) is 30.3 Å². The summed E-state index contributed by atoms with van der Waals surface area (Å²) in [7, 11) is 0. The van der Waals surface area contributed by atoms with E-state index < -0.39 is 193 Å². The van der Waals surface area contributed by atoms with Crippen LogP contribution in [0, 0.1) is 23.7 Å². The van der Waals surface area contributed by atoms with Gasteiger partial charge in [-0.3, -0.25) is 72.1 Å². The third-order valence-corrected chi connectivity index (χ3v) is 18.6. The number of carboxylic acids is 2. The predicted octanol–water partition coefficient (Wildman–Crippen LogP) is -1.68. The highest BCUT2D eigenvalue weighted by molar-refractivity contribution is 8.14. The largest absolute Gasteiger partial charge is 0.481 e. The number of carbonyl (C=O) groups is 14. The summed E-state index contributed by atoms with van der Waals surface area (Å²) in [6.07, 6.45) is 0.368. The summed E-state index contributed by atoms with van der Waals surface area (Å²) in [5, 5.41) is 49.1. The van der Waals surface area contributed by atoms with Crippen molar-refractivity contribution < 1.29 is 77.3 Å². The molecule has 0 spiro atoms. The summed E-state index contributed by atoms with van der Waals surface area (Å²) >= 11 is 1.35. The van der Waals surface area contributed by atoms with Crippen LogP contribution < -0.4 is 75.7 Å². The number of hydrogen-bond acceptors (Lipinski definition) is 19. The molecule has 3 heterocycles. The van der Waals surface area contributed by atoms with E-state index in [4.69, 9.17) is 17.2 Å². The maximum atomic E-state index is 14.9. The lowest BCUT2D eigenvalue weighted by Crippen LogP contribution is -2.62. The lowest BCUT2D eigenvalue weighted by atomic mass is 9.96. The zero-order chi connectivity index (χ0) is 74.3. The number of thioether (sulfide) groups is 1. The molecule has 0 saturated carbocycles. The summed E-state index contributed by atoms with van der Waals surface area (Å²) in [6, 6.07) is -8.34. The molecule has 15 atom stereocenters. The van der Waals surface area contributed by atoms with Crippen molar-refractivity contribution in [3.8, 4) is 0 Å². The summed E-state index contributed by atoms with van der Waals surface area (Å²) < 4.78 is 0. The molecule has 2 aliphatic rings. The third kappa shape index (κ3) is 27.6. The molecule has 1 aromatic heterocycles. The van der Waals surface area contributed by atoms with E-state index in [0.29, 0.717) is 16.3 Å². The Hall–Kier alpha value is -9.05. The number of aromatic amines is 1. The van der Waals surface area contributed by atoms with Crippen LogP contribution in [0.4, 0.5) is 0 Å². The smallest absolute Gasteiger partial charge is 0.305 e. The monoisotopic (exact) mass is 1420 g/mol. The number of rotatable bonds is 31. The fraction of sp³-hybridized carbons (Fsp3) is 0.636. The molecule has 0 bridgehead atoms. The fourth-order valence-electron chi connectivity index (χ4n) is 10.9. The highest BCUT2D eigenvalue weighted by Crippen LogP contribution is 2.25. The van der Waals surface area contributed by atoms with Crippen molar-refractivity contribution in [1.29, 1.82) is 0 Å². The standard InChI is InChI=1S/C66H103N17O16S/c1-9-35(6)52(69)66-81-48(32-100-66)63(97)76-43(26-34(4)5)59(93)74-42(22-23-50(85)86)58(92)83-53(36(7)10-2)64(98)75-40-20-15-16-25-71-55(89)46(29-49(68)84)78-62(96)47(30-51(87)88)79-61(95)45(28-39-31-70-33-72-39)77-60(94)44(27-38-18-13-12-14-19-38)80-65(99)54(37(8)11-3)82-57(91)41(21-17-24-67)73-56(40)90/h12-14,18-19,31,33-37,40-48,52-54H,9-11,15-17,20-30,32,67,69H2,1-8H3,(H2,68,84)(H,70,72)(H,71,89)(H,73,90)(H,74,93)(H,75,98)(H,76,97)(H,77,94)(H,78,96)(H,79,95)(H,80,99)(H,82,91)(H,83,92)(H,85,86)(H,87,88)/t35-,36-,37-,40?,41?,42+,43-,44?,45?,46?,47+,48-,52-,53-,54-/m0/s1. The van der Waals surface area contributed by atoms with E-state index in [1.807, 2.05) is 27.7 Å². The minimum atomic E-state index is -1.94. The zero-order valence-corrected chi connectivity index (χ0v) is 59.0. The molecule has 2 aromatic rings. The number of nitrogens with one attached hydrogen (secondary N) is 12. The molecule has 554 valence electrons. The Morgan fingerprint density at radius 2 is 1.26 bits per heavy atom. The van der Waals surface area contributed by atoms with Crippen LogP contribution in [-0.2, 0) is 80.0 Å². The van der Waals surface area contributed by atoms with Crippen LogP contribution in [0.3, 0.4) is 0 Å². The van der Waals surface area contributed by atoms with Crippen molar-refractivity contribution >= 4 is 99.6 Å². The number of amides is 12. The van der Waals surface area contributed by atoms with Gasteiger partial charge in [-0.05, 0) is 80.7 Å². The number of carboxylic acid groups (broad SMARTS) is 2. The highest BCUT2D eigenvalue weighted by Gasteiger charge is 2.40. The van der Waals surface area contributed by atoms with E-state index >= 15 is 0 Å². The molecule has 1 saturated heterocycles. The first-order chi connectivity index (χ1) is 47.4. The summed E-state index contributed by atoms with van der Waals surface area (Å²) in [5.41, 5.74) is 18.7. The van der Waals surface area contributed by atoms with Gasteiger partial charge in [0.2, 0.25) is 70.9 Å². The van der Waals surface area contributed by atoms with Crippen molar-refractivity contribution in [3.63, 3.8) is 0 Å². The number of nitrogens with zero attached hydrogens (tertiary/aromatic N) is 2. The van der Waals surface area contributed by atoms with Gasteiger partial charge in [0.1, 0.15) is 66.5 Å². The lowest BCUT2D eigenvalue weighted by Gasteiger charge is -2.30. The van der Waals surface area contributed by atoms with Gasteiger partial charge in [0.25, 0.3) is 0 Å². The number of carbonyl (C=O) groups excluding carboxylic acids is 12. The maximum absolute atomic E-state index is 14.9. The average Bonchev–Trinajstić information content (AvgIpc) is 1.37. The number of hydrogen-bond donors (Lipinski definition) is 17. The fourth-order valence-corrected chi connectivity index (χ4v) is 12.0. The molecule has 0 aliphatic carbocycles. The molecule has 5 unspecified atom stereocenters.